The molecule has 0 radical (unpaired) electrons. The summed E-state index contributed by atoms with van der Waals surface area (Å²) in [5.74, 6) is -0.154. The molecule has 0 unspecified atom stereocenters. The lowest BCUT2D eigenvalue weighted by Crippen LogP contribution is -2.13. The first-order valence-electron chi connectivity index (χ1n) is 7.08. The van der Waals surface area contributed by atoms with E-state index in [1.165, 1.54) is 12.1 Å². The van der Waals surface area contributed by atoms with Gasteiger partial charge in [-0.05, 0) is 42.5 Å². The second-order valence-electron chi connectivity index (χ2n) is 4.85. The molecule has 1 amide bonds. The number of pyridine rings is 1. The van der Waals surface area contributed by atoms with E-state index in [2.05, 4.69) is 10.3 Å². The number of para-hydroxylation sites is 1. The number of ether oxygens (including phenoxy) is 1. The number of hydrogen-bond acceptors (Lipinski definition) is 3. The molecule has 3 rings (SSSR count). The van der Waals surface area contributed by atoms with Gasteiger partial charge in [-0.15, -0.1) is 0 Å². The van der Waals surface area contributed by atoms with E-state index in [1.54, 1.807) is 30.5 Å². The Kier molecular flexibility index (Phi) is 4.72. The van der Waals surface area contributed by atoms with Crippen LogP contribution >= 0.6 is 11.6 Å². The maximum absolute atomic E-state index is 13.1. The van der Waals surface area contributed by atoms with Crippen LogP contribution in [0.2, 0.25) is 5.02 Å². The first-order valence-corrected chi connectivity index (χ1v) is 7.45. The number of nitrogens with zero attached hydrogens (tertiary/aromatic N) is 1. The monoisotopic (exact) mass is 342 g/mol. The van der Waals surface area contributed by atoms with Crippen molar-refractivity contribution in [3.8, 4) is 11.6 Å². The van der Waals surface area contributed by atoms with Crippen molar-refractivity contribution in [1.29, 1.82) is 0 Å². The average molecular weight is 343 g/mol. The van der Waals surface area contributed by atoms with Crippen LogP contribution in [0.4, 0.5) is 10.1 Å². The van der Waals surface area contributed by atoms with Crippen LogP contribution in [0.25, 0.3) is 0 Å². The van der Waals surface area contributed by atoms with Gasteiger partial charge in [0.05, 0.1) is 10.6 Å². The summed E-state index contributed by atoms with van der Waals surface area (Å²) in [5, 5.41) is 2.70. The van der Waals surface area contributed by atoms with Crippen LogP contribution < -0.4 is 10.1 Å². The molecule has 0 spiro atoms. The SMILES string of the molecule is O=C(Nc1cccnc1Oc1ccccc1)c1ccc(F)cc1Cl. The molecule has 2 aromatic carbocycles. The predicted octanol–water partition coefficient (Wildman–Crippen LogP) is 4.92. The second-order valence-corrected chi connectivity index (χ2v) is 5.26. The van der Waals surface area contributed by atoms with Gasteiger partial charge in [0.1, 0.15) is 17.3 Å². The van der Waals surface area contributed by atoms with Crippen LogP contribution in [0.1, 0.15) is 10.4 Å². The molecule has 120 valence electrons. The van der Waals surface area contributed by atoms with Crippen LogP contribution in [-0.4, -0.2) is 10.9 Å². The number of benzene rings is 2. The Balaban J connectivity index is 1.84. The average Bonchev–Trinajstić information content (AvgIpc) is 2.57. The van der Waals surface area contributed by atoms with Gasteiger partial charge >= 0.3 is 0 Å². The Labute approximate surface area is 142 Å². The lowest BCUT2D eigenvalue weighted by molar-refractivity contribution is 0.102. The molecule has 0 atom stereocenters. The number of aromatic nitrogens is 1. The zero-order chi connectivity index (χ0) is 16.9. The summed E-state index contributed by atoms with van der Waals surface area (Å²) in [6.07, 6.45) is 1.55. The fourth-order valence-corrected chi connectivity index (χ4v) is 2.28. The van der Waals surface area contributed by atoms with Crippen LogP contribution in [0.3, 0.4) is 0 Å². The lowest BCUT2D eigenvalue weighted by Gasteiger charge is -2.11. The van der Waals surface area contributed by atoms with Gasteiger partial charge in [-0.2, -0.15) is 0 Å². The number of hydrogen-bond donors (Lipinski definition) is 1. The molecule has 4 nitrogen and oxygen atoms in total. The molecule has 3 aromatic rings. The van der Waals surface area contributed by atoms with E-state index in [1.807, 2.05) is 18.2 Å². The van der Waals surface area contributed by atoms with E-state index in [0.717, 1.165) is 6.07 Å². The Bertz CT molecular complexity index is 872. The normalized spacial score (nSPS) is 10.2. The minimum absolute atomic E-state index is 0.0296. The van der Waals surface area contributed by atoms with Gasteiger partial charge in [0, 0.05) is 6.20 Å². The number of carbonyl (C=O) groups is 1. The fourth-order valence-electron chi connectivity index (χ4n) is 2.03. The highest BCUT2D eigenvalue weighted by Gasteiger charge is 2.14. The van der Waals surface area contributed by atoms with Crippen molar-refractivity contribution >= 4 is 23.2 Å². The van der Waals surface area contributed by atoms with Crippen molar-refractivity contribution in [2.75, 3.05) is 5.32 Å². The highest BCUT2D eigenvalue weighted by atomic mass is 35.5. The fraction of sp³-hybridized carbons (Fsp3) is 0. The van der Waals surface area contributed by atoms with Gasteiger partial charge in [0.25, 0.3) is 5.91 Å². The molecule has 0 saturated heterocycles. The summed E-state index contributed by atoms with van der Waals surface area (Å²) in [6, 6.07) is 16.0. The van der Waals surface area contributed by atoms with E-state index in [9.17, 15) is 9.18 Å². The number of carbonyl (C=O) groups excluding carboxylic acids is 1. The lowest BCUT2D eigenvalue weighted by atomic mass is 10.2. The quantitative estimate of drug-likeness (QED) is 0.732. The predicted molar refractivity (Wildman–Crippen MR) is 90.1 cm³/mol. The number of amides is 1. The van der Waals surface area contributed by atoms with E-state index >= 15 is 0 Å². The molecule has 0 aliphatic heterocycles. The van der Waals surface area contributed by atoms with E-state index in [-0.39, 0.29) is 16.5 Å². The zero-order valence-corrected chi connectivity index (χ0v) is 13.1. The molecule has 1 heterocycles. The molecule has 6 heteroatoms. The zero-order valence-electron chi connectivity index (χ0n) is 12.4. The molecule has 0 fully saturated rings. The summed E-state index contributed by atoms with van der Waals surface area (Å²) in [4.78, 5) is 16.5. The molecule has 0 aliphatic carbocycles. The smallest absolute Gasteiger partial charge is 0.257 e. The van der Waals surface area contributed by atoms with Gasteiger partial charge < -0.3 is 10.1 Å². The van der Waals surface area contributed by atoms with Crippen LogP contribution in [-0.2, 0) is 0 Å². The molecule has 1 N–H and O–H groups in total. The van der Waals surface area contributed by atoms with E-state index in [0.29, 0.717) is 11.4 Å². The standard InChI is InChI=1S/C18H12ClFN2O2/c19-15-11-12(20)8-9-14(15)17(23)22-16-7-4-10-21-18(16)24-13-5-2-1-3-6-13/h1-11H,(H,22,23). The summed E-state index contributed by atoms with van der Waals surface area (Å²) in [6.45, 7) is 0. The maximum atomic E-state index is 13.1. The molecule has 24 heavy (non-hydrogen) atoms. The molecular formula is C18H12ClFN2O2. The van der Waals surface area contributed by atoms with Gasteiger partial charge in [0.15, 0.2) is 0 Å². The van der Waals surface area contributed by atoms with E-state index in [4.69, 9.17) is 16.3 Å². The third-order valence-corrected chi connectivity index (χ3v) is 3.47. The molecule has 0 saturated carbocycles. The third kappa shape index (κ3) is 3.70. The number of halogens is 2. The van der Waals surface area contributed by atoms with Crippen molar-refractivity contribution in [3.05, 3.63) is 83.3 Å². The van der Waals surface area contributed by atoms with Gasteiger partial charge in [-0.1, -0.05) is 29.8 Å². The van der Waals surface area contributed by atoms with Crippen molar-refractivity contribution < 1.29 is 13.9 Å². The summed E-state index contributed by atoms with van der Waals surface area (Å²) in [5.41, 5.74) is 0.541. The Morgan fingerprint density at radius 1 is 1.08 bits per heavy atom. The highest BCUT2D eigenvalue weighted by Crippen LogP contribution is 2.27. The maximum Gasteiger partial charge on any atom is 0.257 e. The topological polar surface area (TPSA) is 51.2 Å². The summed E-state index contributed by atoms with van der Waals surface area (Å²) in [7, 11) is 0. The molecule has 0 bridgehead atoms. The van der Waals surface area contributed by atoms with Crippen molar-refractivity contribution in [2.45, 2.75) is 0 Å². The summed E-state index contributed by atoms with van der Waals surface area (Å²) >= 11 is 5.91. The Morgan fingerprint density at radius 2 is 1.88 bits per heavy atom. The first-order chi connectivity index (χ1) is 11.6. The van der Waals surface area contributed by atoms with Gasteiger partial charge in [0.2, 0.25) is 5.88 Å². The number of anilines is 1. The number of nitrogens with one attached hydrogen (secondary N) is 1. The van der Waals surface area contributed by atoms with Crippen molar-refractivity contribution in [3.63, 3.8) is 0 Å². The first kappa shape index (κ1) is 16.0. The van der Waals surface area contributed by atoms with E-state index < -0.39 is 11.7 Å². The second kappa shape index (κ2) is 7.10. The third-order valence-electron chi connectivity index (χ3n) is 3.15. The van der Waals surface area contributed by atoms with Crippen LogP contribution in [0.5, 0.6) is 11.6 Å². The molecule has 0 aliphatic rings. The van der Waals surface area contributed by atoms with Crippen molar-refractivity contribution in [2.24, 2.45) is 0 Å². The molecular weight excluding hydrogens is 331 g/mol. The number of rotatable bonds is 4. The van der Waals surface area contributed by atoms with Gasteiger partial charge in [-0.3, -0.25) is 4.79 Å². The molecule has 1 aromatic heterocycles. The summed E-state index contributed by atoms with van der Waals surface area (Å²) < 4.78 is 18.8. The van der Waals surface area contributed by atoms with Crippen LogP contribution in [0, 0.1) is 5.82 Å². The van der Waals surface area contributed by atoms with Crippen molar-refractivity contribution in [1.82, 2.24) is 4.98 Å². The Morgan fingerprint density at radius 3 is 2.62 bits per heavy atom. The Hall–Kier alpha value is -2.92. The van der Waals surface area contributed by atoms with Crippen LogP contribution in [0.15, 0.2) is 66.9 Å². The highest BCUT2D eigenvalue weighted by molar-refractivity contribution is 6.34. The largest absolute Gasteiger partial charge is 0.437 e. The minimum Gasteiger partial charge on any atom is -0.437 e. The van der Waals surface area contributed by atoms with Gasteiger partial charge in [-0.25, -0.2) is 9.37 Å². The minimum atomic E-state index is -0.508.